The van der Waals surface area contributed by atoms with Gasteiger partial charge in [-0.05, 0) is 143 Å². The SMILES string of the molecule is CC(C)(C)OC(=O)N1CC[C@@H](CNc2ncc3[nH]c(=O)n(Cc4cc(-c5ccccc5)ccc4OC(F)(F)F)c3n2)C1.CC(C)(C)OC(=O)N1CC[C@@H](CNc2ncc3[nH]c(=O)n(Cc4cc(Br)ccc4OC(F)(F)F)c3n2)C1.O=C(N1CC[C@@H](CNc2ncc3[nH]c(=O)n(Cc4cc(-c5ccccc5)ccc4OC(F)(F)F)c3n2)C1)C(F)(F)F. The summed E-state index contributed by atoms with van der Waals surface area (Å²) in [6.45, 7) is 13.3. The molecule has 5 aromatic carbocycles. The Bertz CT molecular complexity index is 5690. The van der Waals surface area contributed by atoms with Gasteiger partial charge in [0, 0.05) is 80.1 Å². The van der Waals surface area contributed by atoms with Gasteiger partial charge in [0.2, 0.25) is 17.8 Å². The molecule has 6 N–H and O–H groups in total. The molecule has 0 spiro atoms. The molecule has 3 amide bonds. The lowest BCUT2D eigenvalue weighted by molar-refractivity contribution is -0.275. The van der Waals surface area contributed by atoms with Crippen LogP contribution in [-0.2, 0) is 33.9 Å². The number of benzene rings is 5. The van der Waals surface area contributed by atoms with E-state index in [9.17, 15) is 81.5 Å². The van der Waals surface area contributed by atoms with E-state index >= 15 is 0 Å². The number of aromatic amines is 3. The van der Waals surface area contributed by atoms with E-state index in [0.717, 1.165) is 33.4 Å². The van der Waals surface area contributed by atoms with Crippen LogP contribution in [0, 0.1) is 17.8 Å². The number of rotatable bonds is 20. The predicted octanol–water partition coefficient (Wildman–Crippen LogP) is 14.5. The summed E-state index contributed by atoms with van der Waals surface area (Å²) < 4.78 is 183. The second kappa shape index (κ2) is 35.7. The van der Waals surface area contributed by atoms with Crippen LogP contribution in [0.4, 0.5) is 80.1 Å². The number of carbonyl (C=O) groups excluding carboxylic acids is 3. The summed E-state index contributed by atoms with van der Waals surface area (Å²) in [5, 5.41) is 9.19. The Morgan fingerprint density at radius 1 is 0.433 bits per heavy atom. The summed E-state index contributed by atoms with van der Waals surface area (Å²) in [6, 6.07) is 30.6. The lowest BCUT2D eigenvalue weighted by Crippen LogP contribution is -2.39. The van der Waals surface area contributed by atoms with Gasteiger partial charge < -0.3 is 69.3 Å². The van der Waals surface area contributed by atoms with Gasteiger partial charge in [0.15, 0.2) is 16.9 Å². The lowest BCUT2D eigenvalue weighted by Gasteiger charge is -2.24. The fraction of sp³-hybridized carbons (Fsp3) is 0.385. The summed E-state index contributed by atoms with van der Waals surface area (Å²) >= 11 is 3.24. The van der Waals surface area contributed by atoms with Crippen LogP contribution in [0.25, 0.3) is 55.7 Å². The molecule has 14 rings (SSSR count). The Balaban J connectivity index is 0.000000165. The zero-order valence-corrected chi connectivity index (χ0v) is 66.4. The minimum absolute atomic E-state index is 0.0354. The van der Waals surface area contributed by atoms with Crippen LogP contribution >= 0.6 is 15.9 Å². The first-order valence-corrected chi connectivity index (χ1v) is 38.1. The Kier molecular flexibility index (Phi) is 25.8. The number of hydrogen-bond acceptors (Lipinski definition) is 20. The molecular weight excluding hydrogens is 1670 g/mol. The maximum absolute atomic E-state index is 13.2. The molecule has 0 radical (unpaired) electrons. The zero-order valence-electron chi connectivity index (χ0n) is 64.8. The molecule has 0 saturated carbocycles. The van der Waals surface area contributed by atoms with Crippen molar-refractivity contribution >= 4 is 85.4 Å². The van der Waals surface area contributed by atoms with Gasteiger partial charge in [0.1, 0.15) is 45.0 Å². The number of anilines is 3. The highest BCUT2D eigenvalue weighted by atomic mass is 79.9. The minimum Gasteiger partial charge on any atom is -0.444 e. The van der Waals surface area contributed by atoms with Crippen molar-refractivity contribution in [1.29, 1.82) is 0 Å². The molecule has 6 aromatic heterocycles. The molecule has 0 bridgehead atoms. The van der Waals surface area contributed by atoms with Gasteiger partial charge in [-0.15, -0.1) is 39.5 Å². The smallest absolute Gasteiger partial charge is 0.444 e. The van der Waals surface area contributed by atoms with Crippen LogP contribution in [0.1, 0.15) is 77.5 Å². The minimum atomic E-state index is -4.96. The number of aromatic nitrogens is 12. The van der Waals surface area contributed by atoms with Crippen molar-refractivity contribution in [2.45, 2.75) is 117 Å². The molecule has 3 aliphatic rings. The number of ether oxygens (including phenoxy) is 5. The predicted molar refractivity (Wildman–Crippen MR) is 418 cm³/mol. The molecule has 3 atom stereocenters. The van der Waals surface area contributed by atoms with Crippen LogP contribution < -0.4 is 47.2 Å². The quantitative estimate of drug-likeness (QED) is 0.0386. The highest BCUT2D eigenvalue weighted by Gasteiger charge is 2.45. The summed E-state index contributed by atoms with van der Waals surface area (Å²) in [7, 11) is 0. The van der Waals surface area contributed by atoms with E-state index in [-0.39, 0.29) is 126 Å². The maximum atomic E-state index is 13.2. The molecule has 120 heavy (non-hydrogen) atoms. The first-order chi connectivity index (χ1) is 56.5. The summed E-state index contributed by atoms with van der Waals surface area (Å²) in [5.74, 6) is -2.67. The van der Waals surface area contributed by atoms with E-state index in [1.807, 2.05) is 71.9 Å². The maximum Gasteiger partial charge on any atom is 0.573 e. The standard InChI is InChI=1S/C29H31F3N6O4.C26H22F6N6O3.C23H26BrF3N6O4/c1-28(2,3)42-27(40)37-12-11-18(16-37)14-33-25-34-15-22-24(36-25)38(26(39)35-22)17-21-13-20(19-7-5-4-6-8-19)9-10-23(21)41-29(30,31)32;27-25(28,29)22(39)37-9-8-15(13-37)11-33-23-34-12-19-21(36-23)38(24(40)35-19)14-18-10-17(16-4-2-1-3-5-16)6-7-20(18)41-26(30,31)32;1-22(2,3)37-21(35)32-7-6-13(11-32)9-28-19-29-10-16-18(31-19)33(20(34)30-16)12-14-8-15(24)4-5-17(14)36-23(25,26)27/h4-10,13,15,18H,11-12,14,16-17H2,1-3H3,(H,35,39)(H,33,34,36);1-7,10,12,15H,8-9,11,13-14H2,(H,35,40)(H,33,34,36);4-5,8,10,13H,6-7,9,11-12H2,1-3H3,(H,30,34)(H,28,29,31)/t18-;15-;13-/m000/s1. The van der Waals surface area contributed by atoms with Crippen LogP contribution in [0.15, 0.2) is 153 Å². The van der Waals surface area contributed by atoms with E-state index < -0.39 is 76.7 Å². The number of likely N-dealkylation sites (tertiary alicyclic amines) is 3. The van der Waals surface area contributed by atoms with Crippen molar-refractivity contribution in [3.05, 3.63) is 186 Å². The van der Waals surface area contributed by atoms with Gasteiger partial charge in [0.05, 0.1) is 38.2 Å². The van der Waals surface area contributed by atoms with E-state index in [0.29, 0.717) is 72.3 Å². The Hall–Kier alpha value is -12.4. The van der Waals surface area contributed by atoms with Crippen molar-refractivity contribution in [2.75, 3.05) is 74.9 Å². The van der Waals surface area contributed by atoms with Crippen molar-refractivity contribution in [3.8, 4) is 39.5 Å². The molecular formula is C78H79BrF12N18O11. The molecule has 42 heteroatoms. The number of amides is 3. The first-order valence-electron chi connectivity index (χ1n) is 37.3. The zero-order chi connectivity index (χ0) is 86.4. The number of imidazole rings is 3. The number of H-pyrrole nitrogens is 3. The number of hydrogen-bond donors (Lipinski definition) is 6. The lowest BCUT2D eigenvalue weighted by atomic mass is 10.0. The fourth-order valence-electron chi connectivity index (χ4n) is 13.5. The Morgan fingerprint density at radius 2 is 0.750 bits per heavy atom. The van der Waals surface area contributed by atoms with E-state index in [1.165, 1.54) is 76.3 Å². The van der Waals surface area contributed by atoms with Gasteiger partial charge in [-0.1, -0.05) is 88.7 Å². The first kappa shape index (κ1) is 86.9. The normalized spacial score (nSPS) is 15.9. The summed E-state index contributed by atoms with van der Waals surface area (Å²) in [5.41, 5.74) is 1.71. The van der Waals surface area contributed by atoms with Crippen molar-refractivity contribution in [3.63, 3.8) is 0 Å². The van der Waals surface area contributed by atoms with Crippen LogP contribution in [0.2, 0.25) is 0 Å². The van der Waals surface area contributed by atoms with Gasteiger partial charge in [-0.25, -0.2) is 38.9 Å². The second-order valence-electron chi connectivity index (χ2n) is 30.3. The number of halogens is 13. The van der Waals surface area contributed by atoms with E-state index in [2.05, 4.69) is 90.9 Å². The van der Waals surface area contributed by atoms with Crippen molar-refractivity contribution in [1.82, 2.24) is 73.3 Å². The molecule has 11 aromatic rings. The highest BCUT2D eigenvalue weighted by Crippen LogP contribution is 2.36. The molecule has 0 unspecified atom stereocenters. The number of carbonyl (C=O) groups is 3. The topological polar surface area (TPSA) is 334 Å². The van der Waals surface area contributed by atoms with Crippen LogP contribution in [0.3, 0.4) is 0 Å². The monoisotopic (exact) mass is 1750 g/mol. The third kappa shape index (κ3) is 23.3. The van der Waals surface area contributed by atoms with Gasteiger partial charge in [-0.3, -0.25) is 18.5 Å². The third-order valence-corrected chi connectivity index (χ3v) is 19.4. The van der Waals surface area contributed by atoms with Crippen LogP contribution in [0.5, 0.6) is 17.2 Å². The molecule has 29 nitrogen and oxygen atoms in total. The molecule has 638 valence electrons. The number of nitrogens with zero attached hydrogens (tertiary/aromatic N) is 12. The molecule has 9 heterocycles. The second-order valence-corrected chi connectivity index (χ2v) is 31.2. The van der Waals surface area contributed by atoms with E-state index in [1.54, 1.807) is 46.2 Å². The van der Waals surface area contributed by atoms with Crippen molar-refractivity contribution in [2.24, 2.45) is 17.8 Å². The molecule has 3 saturated heterocycles. The summed E-state index contributed by atoms with van der Waals surface area (Å²) in [4.78, 5) is 112. The van der Waals surface area contributed by atoms with E-state index in [4.69, 9.17) is 9.47 Å². The molecule has 3 fully saturated rings. The highest BCUT2D eigenvalue weighted by molar-refractivity contribution is 9.10. The van der Waals surface area contributed by atoms with Gasteiger partial charge in [0.25, 0.3) is 0 Å². The number of nitrogens with one attached hydrogen (secondary N) is 6. The van der Waals surface area contributed by atoms with Gasteiger partial charge in [-0.2, -0.15) is 28.1 Å². The number of alkyl halides is 12. The fourth-order valence-corrected chi connectivity index (χ4v) is 13.9. The summed E-state index contributed by atoms with van der Waals surface area (Å²) in [6.07, 6.45) is -14.4. The van der Waals surface area contributed by atoms with Gasteiger partial charge >= 0.3 is 60.4 Å². The average Bonchev–Trinajstić information content (AvgIpc) is 1.62. The molecule has 3 aliphatic heterocycles. The third-order valence-electron chi connectivity index (χ3n) is 18.9. The average molecular weight is 1750 g/mol. The number of fused-ring (bicyclic) bond motifs is 3. The Labute approximate surface area is 681 Å². The Morgan fingerprint density at radius 3 is 1.07 bits per heavy atom. The molecule has 0 aliphatic carbocycles. The largest absolute Gasteiger partial charge is 0.573 e. The van der Waals surface area contributed by atoms with Crippen molar-refractivity contribution < 1.29 is 90.8 Å². The van der Waals surface area contributed by atoms with Crippen LogP contribution in [-0.4, -0.2) is 187 Å².